The third kappa shape index (κ3) is 3.16. The van der Waals surface area contributed by atoms with E-state index in [4.69, 9.17) is 9.26 Å². The normalized spacial score (nSPS) is 10.2. The number of anilines is 1. The minimum atomic E-state index is -0.538. The van der Waals surface area contributed by atoms with E-state index >= 15 is 0 Å². The monoisotopic (exact) mass is 281 g/mol. The molecule has 2 rings (SSSR count). The van der Waals surface area contributed by atoms with E-state index in [0.717, 1.165) is 11.3 Å². The smallest absolute Gasteiger partial charge is 0.367 e. The van der Waals surface area contributed by atoms with E-state index in [-0.39, 0.29) is 17.3 Å². The summed E-state index contributed by atoms with van der Waals surface area (Å²) in [6, 6.07) is 1.58. The van der Waals surface area contributed by atoms with Crippen molar-refractivity contribution in [2.24, 2.45) is 0 Å². The van der Waals surface area contributed by atoms with E-state index in [9.17, 15) is 9.59 Å². The molecule has 0 aliphatic heterocycles. The Bertz CT molecular complexity index is 605. The molecule has 7 nitrogen and oxygen atoms in total. The predicted octanol–water partition coefficient (Wildman–Crippen LogP) is 1.87. The Hall–Kier alpha value is -2.22. The highest BCUT2D eigenvalue weighted by Gasteiger charge is 2.17. The summed E-state index contributed by atoms with van der Waals surface area (Å²) in [5.41, 5.74) is 0.133. The van der Waals surface area contributed by atoms with Crippen LogP contribution in [0.3, 0.4) is 0 Å². The molecule has 0 saturated heterocycles. The molecule has 1 N–H and O–H groups in total. The van der Waals surface area contributed by atoms with Gasteiger partial charge < -0.3 is 14.6 Å². The number of nitrogens with one attached hydrogen (secondary N) is 1. The minimum absolute atomic E-state index is 0.133. The van der Waals surface area contributed by atoms with Gasteiger partial charge in [0.2, 0.25) is 5.01 Å². The lowest BCUT2D eigenvalue weighted by molar-refractivity contribution is 0.0526. The Morgan fingerprint density at radius 2 is 2.32 bits per heavy atom. The number of nitrogens with zero attached hydrogens (tertiary/aromatic N) is 2. The number of hydrogen-bond donors (Lipinski definition) is 1. The first-order chi connectivity index (χ1) is 9.10. The first-order valence-electron chi connectivity index (χ1n) is 5.47. The van der Waals surface area contributed by atoms with Crippen LogP contribution in [-0.2, 0) is 4.74 Å². The standard InChI is InChI=1S/C11H11N3O4S/c1-3-17-11(16)10-12-7(5-19-10)9(15)13-8-4-6(2)18-14-8/h4-5H,3H2,1-2H3,(H,13,14,15). The van der Waals surface area contributed by atoms with Gasteiger partial charge in [-0.1, -0.05) is 5.16 Å². The zero-order valence-corrected chi connectivity index (χ0v) is 11.1. The second-order valence-corrected chi connectivity index (χ2v) is 4.39. The third-order valence-electron chi connectivity index (χ3n) is 2.06. The number of ether oxygens (including phenoxy) is 1. The van der Waals surface area contributed by atoms with Gasteiger partial charge in [-0.05, 0) is 13.8 Å². The van der Waals surface area contributed by atoms with Gasteiger partial charge in [0.05, 0.1) is 6.61 Å². The number of carbonyl (C=O) groups excluding carboxylic acids is 2. The van der Waals surface area contributed by atoms with Gasteiger partial charge >= 0.3 is 5.97 Å². The van der Waals surface area contributed by atoms with Crippen molar-refractivity contribution in [3.8, 4) is 0 Å². The molecule has 100 valence electrons. The highest BCUT2D eigenvalue weighted by molar-refractivity contribution is 7.11. The van der Waals surface area contributed by atoms with E-state index in [2.05, 4.69) is 15.5 Å². The lowest BCUT2D eigenvalue weighted by Crippen LogP contribution is -2.13. The number of esters is 1. The number of aryl methyl sites for hydroxylation is 1. The Labute approximate surface area is 112 Å². The minimum Gasteiger partial charge on any atom is -0.461 e. The van der Waals surface area contributed by atoms with E-state index in [1.54, 1.807) is 19.9 Å². The summed E-state index contributed by atoms with van der Waals surface area (Å²) < 4.78 is 9.61. The topological polar surface area (TPSA) is 94.3 Å². The molecule has 0 radical (unpaired) electrons. The lowest BCUT2D eigenvalue weighted by atomic mass is 10.4. The van der Waals surface area contributed by atoms with Gasteiger partial charge in [0, 0.05) is 11.4 Å². The van der Waals surface area contributed by atoms with Crippen molar-refractivity contribution in [2.45, 2.75) is 13.8 Å². The summed E-state index contributed by atoms with van der Waals surface area (Å²) in [4.78, 5) is 27.1. The lowest BCUT2D eigenvalue weighted by Gasteiger charge is -1.97. The van der Waals surface area contributed by atoms with Crippen LogP contribution >= 0.6 is 11.3 Å². The Kier molecular flexibility index (Phi) is 3.91. The van der Waals surface area contributed by atoms with Crippen LogP contribution in [0.4, 0.5) is 5.82 Å². The molecule has 1 amide bonds. The van der Waals surface area contributed by atoms with Crippen LogP contribution < -0.4 is 5.32 Å². The summed E-state index contributed by atoms with van der Waals surface area (Å²) >= 11 is 1.05. The number of thiazole rings is 1. The maximum absolute atomic E-state index is 11.8. The summed E-state index contributed by atoms with van der Waals surface area (Å²) in [5, 5.41) is 7.76. The number of hydrogen-bond acceptors (Lipinski definition) is 7. The molecule has 0 fully saturated rings. The van der Waals surface area contributed by atoms with Crippen LogP contribution in [0.2, 0.25) is 0 Å². The van der Waals surface area contributed by atoms with Crippen molar-refractivity contribution < 1.29 is 18.8 Å². The average molecular weight is 281 g/mol. The molecule has 2 heterocycles. The van der Waals surface area contributed by atoms with Crippen LogP contribution in [0, 0.1) is 6.92 Å². The zero-order valence-electron chi connectivity index (χ0n) is 10.3. The largest absolute Gasteiger partial charge is 0.461 e. The van der Waals surface area contributed by atoms with Crippen molar-refractivity contribution in [1.82, 2.24) is 10.1 Å². The Morgan fingerprint density at radius 1 is 1.53 bits per heavy atom. The van der Waals surface area contributed by atoms with Crippen molar-refractivity contribution >= 4 is 29.0 Å². The van der Waals surface area contributed by atoms with E-state index in [1.807, 2.05) is 0 Å². The molecular formula is C11H11N3O4S. The molecule has 0 aromatic carbocycles. The quantitative estimate of drug-likeness (QED) is 0.860. The predicted molar refractivity (Wildman–Crippen MR) is 67.3 cm³/mol. The summed E-state index contributed by atoms with van der Waals surface area (Å²) in [6.45, 7) is 3.68. The van der Waals surface area contributed by atoms with Crippen molar-refractivity contribution in [1.29, 1.82) is 0 Å². The second-order valence-electron chi connectivity index (χ2n) is 3.54. The van der Waals surface area contributed by atoms with Gasteiger partial charge in [0.15, 0.2) is 5.82 Å². The van der Waals surface area contributed by atoms with Gasteiger partial charge in [0.1, 0.15) is 11.5 Å². The number of amides is 1. The SMILES string of the molecule is CCOC(=O)c1nc(C(=O)Nc2cc(C)on2)cs1. The van der Waals surface area contributed by atoms with Gasteiger partial charge in [0.25, 0.3) is 5.91 Å². The molecule has 8 heteroatoms. The van der Waals surface area contributed by atoms with Crippen molar-refractivity contribution in [2.75, 3.05) is 11.9 Å². The van der Waals surface area contributed by atoms with Crippen LogP contribution in [0.5, 0.6) is 0 Å². The fourth-order valence-electron chi connectivity index (χ4n) is 1.27. The summed E-state index contributed by atoms with van der Waals surface area (Å²) in [6.07, 6.45) is 0. The highest BCUT2D eigenvalue weighted by Crippen LogP contribution is 2.13. The molecular weight excluding hydrogens is 270 g/mol. The van der Waals surface area contributed by atoms with Crippen molar-refractivity contribution in [3.63, 3.8) is 0 Å². The molecule has 0 aliphatic carbocycles. The average Bonchev–Trinajstić information content (AvgIpc) is 2.98. The van der Waals surface area contributed by atoms with E-state index in [1.165, 1.54) is 5.38 Å². The van der Waals surface area contributed by atoms with Crippen LogP contribution in [-0.4, -0.2) is 28.6 Å². The molecule has 2 aromatic rings. The number of rotatable bonds is 4. The Balaban J connectivity index is 2.06. The first kappa shape index (κ1) is 13.2. The van der Waals surface area contributed by atoms with Crippen LogP contribution in [0.1, 0.15) is 33.0 Å². The molecule has 0 saturated carbocycles. The van der Waals surface area contributed by atoms with Crippen molar-refractivity contribution in [3.05, 3.63) is 27.9 Å². The molecule has 0 atom stereocenters. The van der Waals surface area contributed by atoms with Gasteiger partial charge in [-0.15, -0.1) is 11.3 Å². The second kappa shape index (κ2) is 5.61. The summed E-state index contributed by atoms with van der Waals surface area (Å²) in [7, 11) is 0. The van der Waals surface area contributed by atoms with Crippen LogP contribution in [0.15, 0.2) is 16.0 Å². The molecule has 19 heavy (non-hydrogen) atoms. The maximum atomic E-state index is 11.8. The molecule has 0 unspecified atom stereocenters. The zero-order chi connectivity index (χ0) is 13.8. The fourth-order valence-corrected chi connectivity index (χ4v) is 1.96. The number of aromatic nitrogens is 2. The molecule has 0 spiro atoms. The van der Waals surface area contributed by atoms with Crippen LogP contribution in [0.25, 0.3) is 0 Å². The molecule has 0 aliphatic rings. The first-order valence-corrected chi connectivity index (χ1v) is 6.35. The van der Waals surface area contributed by atoms with Gasteiger partial charge in [-0.2, -0.15) is 0 Å². The summed E-state index contributed by atoms with van der Waals surface area (Å²) in [5.74, 6) is -0.113. The van der Waals surface area contributed by atoms with E-state index < -0.39 is 11.9 Å². The fraction of sp³-hybridized carbons (Fsp3) is 0.273. The highest BCUT2D eigenvalue weighted by atomic mass is 32.1. The third-order valence-corrected chi connectivity index (χ3v) is 2.88. The molecule has 0 bridgehead atoms. The van der Waals surface area contributed by atoms with E-state index in [0.29, 0.717) is 11.6 Å². The number of carbonyl (C=O) groups is 2. The Morgan fingerprint density at radius 3 is 2.95 bits per heavy atom. The maximum Gasteiger partial charge on any atom is 0.367 e. The van der Waals surface area contributed by atoms with Gasteiger partial charge in [-0.25, -0.2) is 9.78 Å². The molecule has 2 aromatic heterocycles. The van der Waals surface area contributed by atoms with Gasteiger partial charge in [-0.3, -0.25) is 4.79 Å².